The zero-order valence-corrected chi connectivity index (χ0v) is 16.0. The molecule has 6 nitrogen and oxygen atoms in total. The lowest BCUT2D eigenvalue weighted by molar-refractivity contribution is -0.129. The molecule has 0 unspecified atom stereocenters. The Morgan fingerprint density at radius 3 is 2.54 bits per heavy atom. The Bertz CT molecular complexity index is 954. The molecule has 4 rings (SSSR count). The Balaban J connectivity index is 1.58. The quantitative estimate of drug-likeness (QED) is 0.682. The number of carbonyl (C=O) groups excluding carboxylic acids is 1. The SMILES string of the molecule is COc1ccccc1CC(=O)N1C[C@H](c2ccccc2)[C@@H](c2nc(C)no2)C1. The summed E-state index contributed by atoms with van der Waals surface area (Å²) in [4.78, 5) is 19.4. The van der Waals surface area contributed by atoms with Crippen LogP contribution in [0.5, 0.6) is 5.75 Å². The normalized spacial score (nSPS) is 19.0. The highest BCUT2D eigenvalue weighted by Gasteiger charge is 2.40. The molecule has 28 heavy (non-hydrogen) atoms. The molecule has 144 valence electrons. The summed E-state index contributed by atoms with van der Waals surface area (Å²) < 4.78 is 10.9. The van der Waals surface area contributed by atoms with E-state index in [0.29, 0.717) is 31.2 Å². The molecule has 0 saturated carbocycles. The fourth-order valence-electron chi connectivity index (χ4n) is 3.88. The van der Waals surface area contributed by atoms with Gasteiger partial charge in [0.25, 0.3) is 0 Å². The van der Waals surface area contributed by atoms with Crippen LogP contribution in [0, 0.1) is 6.92 Å². The highest BCUT2D eigenvalue weighted by atomic mass is 16.5. The van der Waals surface area contributed by atoms with Crippen LogP contribution in [0.25, 0.3) is 0 Å². The maximum absolute atomic E-state index is 13.0. The van der Waals surface area contributed by atoms with E-state index in [1.54, 1.807) is 7.11 Å². The largest absolute Gasteiger partial charge is 0.496 e. The summed E-state index contributed by atoms with van der Waals surface area (Å²) in [7, 11) is 1.62. The predicted molar refractivity (Wildman–Crippen MR) is 104 cm³/mol. The number of benzene rings is 2. The number of methoxy groups -OCH3 is 1. The number of hydrogen-bond donors (Lipinski definition) is 0. The van der Waals surface area contributed by atoms with E-state index in [2.05, 4.69) is 22.3 Å². The molecule has 0 spiro atoms. The first-order valence-corrected chi connectivity index (χ1v) is 9.40. The van der Waals surface area contributed by atoms with Crippen LogP contribution < -0.4 is 4.74 Å². The molecule has 0 radical (unpaired) electrons. The molecule has 1 aliphatic heterocycles. The average molecular weight is 377 g/mol. The third-order valence-corrected chi connectivity index (χ3v) is 5.29. The zero-order valence-electron chi connectivity index (χ0n) is 16.0. The molecule has 6 heteroatoms. The fourth-order valence-corrected chi connectivity index (χ4v) is 3.88. The van der Waals surface area contributed by atoms with E-state index in [-0.39, 0.29) is 17.7 Å². The molecule has 3 aromatic rings. The minimum Gasteiger partial charge on any atom is -0.496 e. The number of amides is 1. The van der Waals surface area contributed by atoms with Gasteiger partial charge >= 0.3 is 0 Å². The Morgan fingerprint density at radius 1 is 1.11 bits per heavy atom. The van der Waals surface area contributed by atoms with Crippen LogP contribution in [0.15, 0.2) is 59.1 Å². The lowest BCUT2D eigenvalue weighted by atomic mass is 9.89. The number of aromatic nitrogens is 2. The van der Waals surface area contributed by atoms with Crippen molar-refractivity contribution in [2.75, 3.05) is 20.2 Å². The highest BCUT2D eigenvalue weighted by Crippen LogP contribution is 2.39. The summed E-state index contributed by atoms with van der Waals surface area (Å²) >= 11 is 0. The van der Waals surface area contributed by atoms with Gasteiger partial charge in [0.15, 0.2) is 5.82 Å². The van der Waals surface area contributed by atoms with Crippen molar-refractivity contribution in [2.24, 2.45) is 0 Å². The fraction of sp³-hybridized carbons (Fsp3) is 0.318. The van der Waals surface area contributed by atoms with E-state index >= 15 is 0 Å². The van der Waals surface area contributed by atoms with Gasteiger partial charge in [0.2, 0.25) is 11.8 Å². The van der Waals surface area contributed by atoms with Crippen molar-refractivity contribution in [2.45, 2.75) is 25.2 Å². The second-order valence-electron chi connectivity index (χ2n) is 7.09. The van der Waals surface area contributed by atoms with E-state index in [4.69, 9.17) is 9.26 Å². The average Bonchev–Trinajstić information content (AvgIpc) is 3.35. The number of nitrogens with zero attached hydrogens (tertiary/aromatic N) is 3. The molecular formula is C22H23N3O3. The summed E-state index contributed by atoms with van der Waals surface area (Å²) in [6.45, 7) is 3.00. The Labute approximate surface area is 164 Å². The summed E-state index contributed by atoms with van der Waals surface area (Å²) in [6.07, 6.45) is 0.307. The molecular weight excluding hydrogens is 354 g/mol. The number of likely N-dealkylation sites (tertiary alicyclic amines) is 1. The Kier molecular flexibility index (Phi) is 5.10. The van der Waals surface area contributed by atoms with Gasteiger partial charge in [-0.2, -0.15) is 4.98 Å². The first kappa shape index (κ1) is 18.2. The number of carbonyl (C=O) groups is 1. The van der Waals surface area contributed by atoms with Crippen molar-refractivity contribution in [1.82, 2.24) is 15.0 Å². The van der Waals surface area contributed by atoms with Gasteiger partial charge in [0.1, 0.15) is 5.75 Å². The minimum atomic E-state index is -0.00906. The smallest absolute Gasteiger partial charge is 0.232 e. The van der Waals surface area contributed by atoms with Gasteiger partial charge in [-0.3, -0.25) is 4.79 Å². The van der Waals surface area contributed by atoms with Gasteiger partial charge in [-0.05, 0) is 18.6 Å². The maximum Gasteiger partial charge on any atom is 0.232 e. The van der Waals surface area contributed by atoms with Gasteiger partial charge < -0.3 is 14.2 Å². The van der Waals surface area contributed by atoms with Crippen LogP contribution in [0.3, 0.4) is 0 Å². The Morgan fingerprint density at radius 2 is 1.82 bits per heavy atom. The molecule has 0 bridgehead atoms. The van der Waals surface area contributed by atoms with E-state index < -0.39 is 0 Å². The monoisotopic (exact) mass is 377 g/mol. The van der Waals surface area contributed by atoms with Gasteiger partial charge in [-0.1, -0.05) is 53.7 Å². The molecule has 1 aliphatic rings. The van der Waals surface area contributed by atoms with Gasteiger partial charge in [0, 0.05) is 24.6 Å². The summed E-state index contributed by atoms with van der Waals surface area (Å²) in [5.41, 5.74) is 2.07. The van der Waals surface area contributed by atoms with E-state index in [1.165, 1.54) is 5.56 Å². The van der Waals surface area contributed by atoms with Crippen LogP contribution in [0.1, 0.15) is 34.7 Å². The first-order chi connectivity index (χ1) is 13.7. The molecule has 1 aromatic heterocycles. The van der Waals surface area contributed by atoms with Crippen molar-refractivity contribution >= 4 is 5.91 Å². The molecule has 2 aromatic carbocycles. The van der Waals surface area contributed by atoms with Crippen molar-refractivity contribution in [3.8, 4) is 5.75 Å². The molecule has 2 heterocycles. The minimum absolute atomic E-state index is 0.00906. The van der Waals surface area contributed by atoms with Crippen molar-refractivity contribution in [3.63, 3.8) is 0 Å². The first-order valence-electron chi connectivity index (χ1n) is 9.40. The van der Waals surface area contributed by atoms with Crippen molar-refractivity contribution < 1.29 is 14.1 Å². The summed E-state index contributed by atoms with van der Waals surface area (Å²) in [6, 6.07) is 17.9. The second-order valence-corrected chi connectivity index (χ2v) is 7.09. The molecule has 1 saturated heterocycles. The van der Waals surface area contributed by atoms with E-state index in [0.717, 1.165) is 11.3 Å². The van der Waals surface area contributed by atoms with E-state index in [1.807, 2.05) is 54.3 Å². The second kappa shape index (κ2) is 7.84. The molecule has 0 aliphatic carbocycles. The van der Waals surface area contributed by atoms with Gasteiger partial charge in [-0.15, -0.1) is 0 Å². The molecule has 0 N–H and O–H groups in total. The molecule has 1 amide bonds. The summed E-state index contributed by atoms with van der Waals surface area (Å²) in [5, 5.41) is 3.94. The Hall–Kier alpha value is -3.15. The van der Waals surface area contributed by atoms with Crippen LogP contribution in [0.4, 0.5) is 0 Å². The van der Waals surface area contributed by atoms with Gasteiger partial charge in [0.05, 0.1) is 19.4 Å². The van der Waals surface area contributed by atoms with Crippen LogP contribution in [0.2, 0.25) is 0 Å². The topological polar surface area (TPSA) is 68.5 Å². The lowest BCUT2D eigenvalue weighted by Crippen LogP contribution is -2.30. The third kappa shape index (κ3) is 3.63. The number of aryl methyl sites for hydroxylation is 1. The highest BCUT2D eigenvalue weighted by molar-refractivity contribution is 5.80. The van der Waals surface area contributed by atoms with Crippen LogP contribution in [-0.2, 0) is 11.2 Å². The number of hydrogen-bond acceptors (Lipinski definition) is 5. The maximum atomic E-state index is 13.0. The molecule has 1 fully saturated rings. The van der Waals surface area contributed by atoms with Crippen LogP contribution >= 0.6 is 0 Å². The van der Waals surface area contributed by atoms with Crippen LogP contribution in [-0.4, -0.2) is 41.1 Å². The van der Waals surface area contributed by atoms with Crippen molar-refractivity contribution in [1.29, 1.82) is 0 Å². The third-order valence-electron chi connectivity index (χ3n) is 5.29. The van der Waals surface area contributed by atoms with E-state index in [9.17, 15) is 4.79 Å². The zero-order chi connectivity index (χ0) is 19.5. The molecule has 2 atom stereocenters. The number of rotatable bonds is 5. The van der Waals surface area contributed by atoms with Gasteiger partial charge in [-0.25, -0.2) is 0 Å². The standard InChI is InChI=1S/C22H23N3O3/c1-15-23-22(28-24-15)19-14-25(13-18(19)16-8-4-3-5-9-16)21(26)12-17-10-6-7-11-20(17)27-2/h3-11,18-19H,12-14H2,1-2H3/t18-,19+/m1/s1. The van der Waals surface area contributed by atoms with Crippen molar-refractivity contribution in [3.05, 3.63) is 77.4 Å². The number of ether oxygens (including phenoxy) is 1. The summed E-state index contributed by atoms with van der Waals surface area (Å²) in [5.74, 6) is 2.13. The number of para-hydroxylation sites is 1. The lowest BCUT2D eigenvalue weighted by Gasteiger charge is -2.17. The predicted octanol–water partition coefficient (Wildman–Crippen LogP) is 3.34.